The lowest BCUT2D eigenvalue weighted by molar-refractivity contribution is -0.132. The van der Waals surface area contributed by atoms with Crippen molar-refractivity contribution in [1.29, 1.82) is 0 Å². The zero-order valence-corrected chi connectivity index (χ0v) is 17.5. The van der Waals surface area contributed by atoms with Gasteiger partial charge in [-0.05, 0) is 37.5 Å². The summed E-state index contributed by atoms with van der Waals surface area (Å²) in [5, 5.41) is 12.2. The van der Waals surface area contributed by atoms with Gasteiger partial charge in [-0.1, -0.05) is 19.3 Å². The van der Waals surface area contributed by atoms with Crippen LogP contribution in [0.2, 0.25) is 0 Å². The summed E-state index contributed by atoms with van der Waals surface area (Å²) in [7, 11) is 1.93. The summed E-state index contributed by atoms with van der Waals surface area (Å²) >= 11 is 0. The molecular formula is C22H30N4O4. The van der Waals surface area contributed by atoms with E-state index < -0.39 is 6.04 Å². The molecule has 1 aromatic carbocycles. The number of carbonyl (C=O) groups is 2. The summed E-state index contributed by atoms with van der Waals surface area (Å²) < 4.78 is 5.86. The first-order chi connectivity index (χ1) is 14.6. The molecule has 1 saturated heterocycles. The van der Waals surface area contributed by atoms with Crippen LogP contribution in [0.3, 0.4) is 0 Å². The third-order valence-electron chi connectivity index (χ3n) is 6.30. The number of nitrogens with one attached hydrogen (secondary N) is 1. The molecule has 2 aliphatic heterocycles. The number of ether oxygens (including phenoxy) is 1. The van der Waals surface area contributed by atoms with Crippen LogP contribution in [-0.4, -0.2) is 65.0 Å². The highest BCUT2D eigenvalue weighted by Gasteiger charge is 2.38. The van der Waals surface area contributed by atoms with Crippen molar-refractivity contribution in [2.45, 2.75) is 63.6 Å². The van der Waals surface area contributed by atoms with Gasteiger partial charge in [0.15, 0.2) is 0 Å². The molecule has 2 heterocycles. The number of benzene rings is 1. The van der Waals surface area contributed by atoms with Crippen LogP contribution in [0.5, 0.6) is 5.75 Å². The Hall–Kier alpha value is -2.61. The maximum atomic E-state index is 12.4. The van der Waals surface area contributed by atoms with Crippen LogP contribution in [0, 0.1) is 0 Å². The number of fused-ring (bicyclic) bond motifs is 2. The Bertz CT molecular complexity index is 834. The van der Waals surface area contributed by atoms with Crippen LogP contribution < -0.4 is 10.1 Å². The monoisotopic (exact) mass is 414 g/mol. The number of guanidine groups is 1. The van der Waals surface area contributed by atoms with Crippen molar-refractivity contribution < 1.29 is 19.4 Å². The first kappa shape index (κ1) is 20.7. The lowest BCUT2D eigenvalue weighted by Gasteiger charge is -2.31. The van der Waals surface area contributed by atoms with Gasteiger partial charge < -0.3 is 19.6 Å². The third-order valence-corrected chi connectivity index (χ3v) is 6.30. The molecule has 2 amide bonds. The highest BCUT2D eigenvalue weighted by molar-refractivity contribution is 6.07. The number of aliphatic hydroxyl groups is 1. The van der Waals surface area contributed by atoms with Crippen LogP contribution in [0.4, 0.5) is 5.69 Å². The highest BCUT2D eigenvalue weighted by Crippen LogP contribution is 2.32. The largest absolute Gasteiger partial charge is 0.494 e. The van der Waals surface area contributed by atoms with Crippen molar-refractivity contribution in [2.75, 3.05) is 20.3 Å². The minimum absolute atomic E-state index is 0.194. The van der Waals surface area contributed by atoms with Gasteiger partial charge in [0.2, 0.25) is 11.9 Å². The van der Waals surface area contributed by atoms with E-state index in [-0.39, 0.29) is 18.4 Å². The van der Waals surface area contributed by atoms with Crippen molar-refractivity contribution in [3.8, 4) is 5.75 Å². The number of nitrogens with zero attached hydrogens (tertiary/aromatic N) is 3. The van der Waals surface area contributed by atoms with Gasteiger partial charge in [-0.3, -0.25) is 14.9 Å². The summed E-state index contributed by atoms with van der Waals surface area (Å²) in [6.45, 7) is 0.709. The van der Waals surface area contributed by atoms with E-state index in [9.17, 15) is 14.7 Å². The van der Waals surface area contributed by atoms with Gasteiger partial charge in [-0.2, -0.15) is 0 Å². The van der Waals surface area contributed by atoms with E-state index in [4.69, 9.17) is 4.74 Å². The molecule has 0 unspecified atom stereocenters. The van der Waals surface area contributed by atoms with Crippen molar-refractivity contribution in [2.24, 2.45) is 4.99 Å². The maximum Gasteiger partial charge on any atom is 0.251 e. The Morgan fingerprint density at radius 3 is 2.90 bits per heavy atom. The molecule has 2 fully saturated rings. The fourth-order valence-electron chi connectivity index (χ4n) is 4.46. The second-order valence-corrected chi connectivity index (χ2v) is 8.29. The normalized spacial score (nSPS) is 20.9. The van der Waals surface area contributed by atoms with Crippen LogP contribution in [0.15, 0.2) is 23.2 Å². The van der Waals surface area contributed by atoms with Crippen LogP contribution in [0.25, 0.3) is 0 Å². The molecule has 8 nitrogen and oxygen atoms in total. The van der Waals surface area contributed by atoms with Crippen LogP contribution in [0.1, 0.15) is 50.5 Å². The molecule has 0 radical (unpaired) electrons. The van der Waals surface area contributed by atoms with Crippen LogP contribution >= 0.6 is 0 Å². The molecule has 1 aromatic rings. The smallest absolute Gasteiger partial charge is 0.251 e. The van der Waals surface area contributed by atoms with E-state index in [2.05, 4.69) is 10.3 Å². The second-order valence-electron chi connectivity index (χ2n) is 8.29. The summed E-state index contributed by atoms with van der Waals surface area (Å²) in [5.74, 6) is 1.17. The maximum absolute atomic E-state index is 12.4. The molecule has 3 aliphatic rings. The van der Waals surface area contributed by atoms with Gasteiger partial charge in [-0.25, -0.2) is 4.99 Å². The first-order valence-corrected chi connectivity index (χ1v) is 10.9. The Kier molecular flexibility index (Phi) is 6.22. The van der Waals surface area contributed by atoms with Crippen molar-refractivity contribution in [3.63, 3.8) is 0 Å². The summed E-state index contributed by atoms with van der Waals surface area (Å²) in [6, 6.07) is 5.44. The first-order valence-electron chi connectivity index (χ1n) is 10.9. The summed E-state index contributed by atoms with van der Waals surface area (Å²) in [5.41, 5.74) is 1.73. The quantitative estimate of drug-likeness (QED) is 0.665. The lowest BCUT2D eigenvalue weighted by atomic mass is 9.94. The molecule has 1 atom stereocenters. The van der Waals surface area contributed by atoms with E-state index in [1.165, 1.54) is 19.3 Å². The minimum Gasteiger partial charge on any atom is -0.494 e. The van der Waals surface area contributed by atoms with E-state index in [0.717, 1.165) is 29.8 Å². The molecule has 162 valence electrons. The second kappa shape index (κ2) is 9.04. The molecular weight excluding hydrogens is 384 g/mol. The molecule has 1 saturated carbocycles. The van der Waals surface area contributed by atoms with Gasteiger partial charge in [-0.15, -0.1) is 0 Å². The third kappa shape index (κ3) is 4.28. The fourth-order valence-corrected chi connectivity index (χ4v) is 4.46. The Morgan fingerprint density at radius 1 is 1.33 bits per heavy atom. The van der Waals surface area contributed by atoms with Gasteiger partial charge >= 0.3 is 0 Å². The van der Waals surface area contributed by atoms with E-state index in [0.29, 0.717) is 38.0 Å². The van der Waals surface area contributed by atoms with Crippen molar-refractivity contribution >= 4 is 23.5 Å². The molecule has 0 aromatic heterocycles. The Morgan fingerprint density at radius 2 is 2.13 bits per heavy atom. The average Bonchev–Trinajstić information content (AvgIpc) is 3.08. The fraction of sp³-hybridized carbons (Fsp3) is 0.591. The van der Waals surface area contributed by atoms with Gasteiger partial charge in [0, 0.05) is 31.6 Å². The Balaban J connectivity index is 1.27. The average molecular weight is 415 g/mol. The summed E-state index contributed by atoms with van der Waals surface area (Å²) in [4.78, 5) is 32.5. The van der Waals surface area contributed by atoms with Crippen LogP contribution in [-0.2, 0) is 16.1 Å². The zero-order chi connectivity index (χ0) is 21.1. The van der Waals surface area contributed by atoms with Gasteiger partial charge in [0.25, 0.3) is 5.91 Å². The number of hydrogen-bond donors (Lipinski definition) is 2. The molecule has 30 heavy (non-hydrogen) atoms. The number of aliphatic imine (C=N–C) groups is 1. The SMILES string of the molecule is CN(C(=O)CCCOc1ccc2c(c1)CN1C(=N2)NC(=O)[C@@H]1CO)C1CCCCC1. The van der Waals surface area contributed by atoms with Crippen molar-refractivity contribution in [1.82, 2.24) is 15.1 Å². The number of hydrogen-bond acceptors (Lipinski definition) is 6. The predicted molar refractivity (Wildman–Crippen MR) is 112 cm³/mol. The van der Waals surface area contributed by atoms with Gasteiger partial charge in [0.1, 0.15) is 11.8 Å². The highest BCUT2D eigenvalue weighted by atomic mass is 16.5. The summed E-state index contributed by atoms with van der Waals surface area (Å²) in [6.07, 6.45) is 7.12. The van der Waals surface area contributed by atoms with E-state index >= 15 is 0 Å². The molecule has 1 aliphatic carbocycles. The molecule has 4 rings (SSSR count). The molecule has 2 N–H and O–H groups in total. The van der Waals surface area contributed by atoms with E-state index in [1.807, 2.05) is 30.1 Å². The topological polar surface area (TPSA) is 94.5 Å². The number of aliphatic hydroxyl groups excluding tert-OH is 1. The molecule has 0 spiro atoms. The van der Waals surface area contributed by atoms with Crippen molar-refractivity contribution in [3.05, 3.63) is 23.8 Å². The lowest BCUT2D eigenvalue weighted by Crippen LogP contribution is -2.39. The zero-order valence-electron chi connectivity index (χ0n) is 17.5. The standard InChI is InChI=1S/C22H30N4O4/c1-25(16-6-3-2-4-7-16)20(28)8-5-11-30-17-9-10-18-15(12-17)13-26-19(14-27)21(29)24-22(26)23-18/h9-10,12,16,19,27H,2-8,11,13-14H2,1H3,(H,23,24,29)/t19-/m0/s1. The van der Waals surface area contributed by atoms with Gasteiger partial charge in [0.05, 0.1) is 18.9 Å². The molecule has 8 heteroatoms. The number of rotatable bonds is 7. The number of amides is 2. The Labute approximate surface area is 176 Å². The van der Waals surface area contributed by atoms with E-state index in [1.54, 1.807) is 4.90 Å². The molecule has 0 bridgehead atoms. The number of carbonyl (C=O) groups excluding carboxylic acids is 2. The minimum atomic E-state index is -0.603. The predicted octanol–water partition coefficient (Wildman–Crippen LogP) is 1.93.